The molecule has 2 aromatic rings. The number of rotatable bonds is 2. The summed E-state index contributed by atoms with van der Waals surface area (Å²) in [7, 11) is 0. The van der Waals surface area contributed by atoms with Gasteiger partial charge in [0, 0.05) is 11.4 Å². The number of hydrogen-bond donors (Lipinski definition) is 3. The molecule has 0 spiro atoms. The summed E-state index contributed by atoms with van der Waals surface area (Å²) in [6.07, 6.45) is 0.917. The van der Waals surface area contributed by atoms with Crippen molar-refractivity contribution in [3.63, 3.8) is 0 Å². The maximum absolute atomic E-state index is 10.6. The van der Waals surface area contributed by atoms with Gasteiger partial charge in [0.15, 0.2) is 0 Å². The second-order valence-electron chi connectivity index (χ2n) is 4.95. The number of anilines is 2. The van der Waals surface area contributed by atoms with Crippen LogP contribution in [-0.4, -0.2) is 11.2 Å². The van der Waals surface area contributed by atoms with E-state index in [1.807, 2.05) is 30.3 Å². The molecule has 0 bridgehead atoms. The van der Waals surface area contributed by atoms with Gasteiger partial charge in [0.1, 0.15) is 0 Å². The summed E-state index contributed by atoms with van der Waals surface area (Å²) in [5.74, 6) is 0. The lowest BCUT2D eigenvalue weighted by Gasteiger charge is -2.27. The molecular weight excluding hydrogens is 252 g/mol. The van der Waals surface area contributed by atoms with Gasteiger partial charge in [0.05, 0.1) is 6.04 Å². The minimum atomic E-state index is -1.03. The van der Waals surface area contributed by atoms with E-state index in [1.165, 1.54) is 5.56 Å². The van der Waals surface area contributed by atoms with Crippen LogP contribution in [0.25, 0.3) is 0 Å². The third kappa shape index (κ3) is 2.59. The van der Waals surface area contributed by atoms with Crippen LogP contribution in [0.3, 0.4) is 0 Å². The Bertz CT molecular complexity index is 626. The average Bonchev–Trinajstić information content (AvgIpc) is 2.47. The van der Waals surface area contributed by atoms with E-state index in [1.54, 1.807) is 6.07 Å². The van der Waals surface area contributed by atoms with Crippen LogP contribution in [0.1, 0.15) is 23.6 Å². The summed E-state index contributed by atoms with van der Waals surface area (Å²) in [6, 6.07) is 16.3. The fraction of sp³-hybridized carbons (Fsp3) is 0.188. The normalized spacial score (nSPS) is 16.9. The molecule has 1 heterocycles. The van der Waals surface area contributed by atoms with Crippen molar-refractivity contribution in [1.29, 1.82) is 0 Å². The number of nitrogens with one attached hydrogen (secondary N) is 2. The molecule has 0 fully saturated rings. The van der Waals surface area contributed by atoms with Crippen LogP contribution in [0, 0.1) is 0 Å². The van der Waals surface area contributed by atoms with Crippen LogP contribution < -0.4 is 10.6 Å². The SMILES string of the molecule is O=C(O)Nc1ccc2c(c1)CCC(c1ccccc1)N2. The summed E-state index contributed by atoms with van der Waals surface area (Å²) < 4.78 is 0. The fourth-order valence-electron chi connectivity index (χ4n) is 2.64. The maximum atomic E-state index is 10.6. The van der Waals surface area contributed by atoms with Gasteiger partial charge in [-0.3, -0.25) is 5.32 Å². The topological polar surface area (TPSA) is 61.4 Å². The third-order valence-electron chi connectivity index (χ3n) is 3.59. The Morgan fingerprint density at radius 3 is 2.75 bits per heavy atom. The molecule has 20 heavy (non-hydrogen) atoms. The first-order chi connectivity index (χ1) is 9.72. The van der Waals surface area contributed by atoms with Gasteiger partial charge in [-0.1, -0.05) is 30.3 Å². The van der Waals surface area contributed by atoms with Gasteiger partial charge in [-0.25, -0.2) is 4.79 Å². The Morgan fingerprint density at radius 2 is 2.00 bits per heavy atom. The Hall–Kier alpha value is -2.49. The minimum Gasteiger partial charge on any atom is -0.465 e. The van der Waals surface area contributed by atoms with E-state index < -0.39 is 6.09 Å². The fourth-order valence-corrected chi connectivity index (χ4v) is 2.64. The predicted octanol–water partition coefficient (Wildman–Crippen LogP) is 3.88. The molecule has 1 amide bonds. The highest BCUT2D eigenvalue weighted by Gasteiger charge is 2.19. The largest absolute Gasteiger partial charge is 0.465 e. The molecule has 3 N–H and O–H groups in total. The number of carbonyl (C=O) groups is 1. The zero-order valence-electron chi connectivity index (χ0n) is 11.0. The predicted molar refractivity (Wildman–Crippen MR) is 79.2 cm³/mol. The van der Waals surface area contributed by atoms with Crippen LogP contribution in [0.5, 0.6) is 0 Å². The lowest BCUT2D eigenvalue weighted by molar-refractivity contribution is 0.210. The van der Waals surface area contributed by atoms with Crippen LogP contribution in [0.15, 0.2) is 48.5 Å². The van der Waals surface area contributed by atoms with Gasteiger partial charge in [-0.05, 0) is 42.2 Å². The molecular formula is C16H16N2O2. The lowest BCUT2D eigenvalue weighted by atomic mass is 9.93. The number of aryl methyl sites for hydroxylation is 1. The molecule has 1 aliphatic heterocycles. The second-order valence-corrected chi connectivity index (χ2v) is 4.95. The molecule has 4 heteroatoms. The lowest BCUT2D eigenvalue weighted by Crippen LogP contribution is -2.18. The van der Waals surface area contributed by atoms with Gasteiger partial charge < -0.3 is 10.4 Å². The zero-order valence-corrected chi connectivity index (χ0v) is 11.0. The van der Waals surface area contributed by atoms with E-state index in [-0.39, 0.29) is 0 Å². The minimum absolute atomic E-state index is 0.321. The number of fused-ring (bicyclic) bond motifs is 1. The third-order valence-corrected chi connectivity index (χ3v) is 3.59. The quantitative estimate of drug-likeness (QED) is 0.774. The first kappa shape index (κ1) is 12.5. The molecule has 2 aromatic carbocycles. The van der Waals surface area contributed by atoms with Crippen molar-refractivity contribution >= 4 is 17.5 Å². The molecule has 0 aromatic heterocycles. The number of carboxylic acid groups (broad SMARTS) is 1. The van der Waals surface area contributed by atoms with Crippen molar-refractivity contribution in [2.75, 3.05) is 10.6 Å². The van der Waals surface area contributed by atoms with Crippen LogP contribution in [0.2, 0.25) is 0 Å². The monoisotopic (exact) mass is 268 g/mol. The van der Waals surface area contributed by atoms with Gasteiger partial charge in [-0.2, -0.15) is 0 Å². The summed E-state index contributed by atoms with van der Waals surface area (Å²) in [5, 5.41) is 14.6. The van der Waals surface area contributed by atoms with E-state index in [0.717, 1.165) is 24.1 Å². The van der Waals surface area contributed by atoms with Crippen molar-refractivity contribution in [1.82, 2.24) is 0 Å². The molecule has 1 unspecified atom stereocenters. The highest BCUT2D eigenvalue weighted by Crippen LogP contribution is 2.33. The summed E-state index contributed by atoms with van der Waals surface area (Å²) in [4.78, 5) is 10.6. The van der Waals surface area contributed by atoms with Crippen molar-refractivity contribution in [2.24, 2.45) is 0 Å². The smallest absolute Gasteiger partial charge is 0.409 e. The van der Waals surface area contributed by atoms with Gasteiger partial charge in [0.25, 0.3) is 0 Å². The Kier molecular flexibility index (Phi) is 3.29. The number of benzene rings is 2. The van der Waals surface area contributed by atoms with Crippen molar-refractivity contribution in [3.8, 4) is 0 Å². The summed E-state index contributed by atoms with van der Waals surface area (Å²) in [5.41, 5.74) is 4.14. The van der Waals surface area contributed by atoms with Crippen molar-refractivity contribution in [2.45, 2.75) is 18.9 Å². The molecule has 0 saturated heterocycles. The van der Waals surface area contributed by atoms with Crippen LogP contribution in [0.4, 0.5) is 16.2 Å². The molecule has 3 rings (SSSR count). The van der Waals surface area contributed by atoms with Crippen molar-refractivity contribution in [3.05, 3.63) is 59.7 Å². The van der Waals surface area contributed by atoms with Gasteiger partial charge >= 0.3 is 6.09 Å². The molecule has 102 valence electrons. The van der Waals surface area contributed by atoms with Crippen LogP contribution >= 0.6 is 0 Å². The summed E-state index contributed by atoms with van der Waals surface area (Å²) >= 11 is 0. The van der Waals surface area contributed by atoms with Gasteiger partial charge in [0.2, 0.25) is 0 Å². The number of hydrogen-bond acceptors (Lipinski definition) is 2. The Morgan fingerprint density at radius 1 is 1.20 bits per heavy atom. The maximum Gasteiger partial charge on any atom is 0.409 e. The van der Waals surface area contributed by atoms with E-state index in [4.69, 9.17) is 5.11 Å². The zero-order chi connectivity index (χ0) is 13.9. The van der Waals surface area contributed by atoms with E-state index in [0.29, 0.717) is 11.7 Å². The highest BCUT2D eigenvalue weighted by molar-refractivity contribution is 5.83. The molecule has 0 aliphatic carbocycles. The standard InChI is InChI=1S/C16H16N2O2/c19-16(20)17-13-7-9-15-12(10-13)6-8-14(18-15)11-4-2-1-3-5-11/h1-5,7,9-10,14,17-18H,6,8H2,(H,19,20). The molecule has 0 radical (unpaired) electrons. The van der Waals surface area contributed by atoms with Crippen molar-refractivity contribution < 1.29 is 9.90 Å². The average molecular weight is 268 g/mol. The Balaban J connectivity index is 1.80. The van der Waals surface area contributed by atoms with E-state index in [2.05, 4.69) is 22.8 Å². The second kappa shape index (κ2) is 5.25. The molecule has 1 atom stereocenters. The highest BCUT2D eigenvalue weighted by atomic mass is 16.4. The van der Waals surface area contributed by atoms with E-state index >= 15 is 0 Å². The molecule has 0 saturated carbocycles. The van der Waals surface area contributed by atoms with E-state index in [9.17, 15) is 4.79 Å². The van der Waals surface area contributed by atoms with Gasteiger partial charge in [-0.15, -0.1) is 0 Å². The Labute approximate surface area is 117 Å². The first-order valence-corrected chi connectivity index (χ1v) is 6.67. The summed E-state index contributed by atoms with van der Waals surface area (Å²) in [6.45, 7) is 0. The molecule has 1 aliphatic rings. The van der Waals surface area contributed by atoms with Crippen LogP contribution in [-0.2, 0) is 6.42 Å². The first-order valence-electron chi connectivity index (χ1n) is 6.67. The number of amides is 1. The molecule has 4 nitrogen and oxygen atoms in total.